The molecule has 2 N–H and O–H groups in total. The lowest BCUT2D eigenvalue weighted by molar-refractivity contribution is -0.123. The number of allylic oxidation sites excluding steroid dienone is 6. The predicted molar refractivity (Wildman–Crippen MR) is 122 cm³/mol. The summed E-state index contributed by atoms with van der Waals surface area (Å²) < 4.78 is 0. The van der Waals surface area contributed by atoms with Gasteiger partial charge in [0.1, 0.15) is 17.2 Å². The zero-order valence-corrected chi connectivity index (χ0v) is 19.0. The molecule has 1 aliphatic heterocycles. The molecule has 1 saturated heterocycles. The highest BCUT2D eigenvalue weighted by Crippen LogP contribution is 2.38. The van der Waals surface area contributed by atoms with Gasteiger partial charge in [0, 0.05) is 17.3 Å². The topological polar surface area (TPSA) is 73.8 Å². The quantitative estimate of drug-likeness (QED) is 0.217. The number of amides is 2. The molecule has 2 rings (SSSR count). The fourth-order valence-corrected chi connectivity index (χ4v) is 3.05. The summed E-state index contributed by atoms with van der Waals surface area (Å²) >= 11 is 0. The predicted octanol–water partition coefficient (Wildman–Crippen LogP) is 4.17. The Morgan fingerprint density at radius 1 is 1.33 bits per heavy atom. The lowest BCUT2D eigenvalue weighted by Gasteiger charge is -2.42. The SMILES string of the molecule is C=CN=C(/C=C(C)/C=C/C1CC1)N/C(C)=C/C=C1/C(=O)NC(C)(C(C)(C)C)N1C=O. The number of rotatable bonds is 7. The van der Waals surface area contributed by atoms with Crippen LogP contribution in [0.25, 0.3) is 0 Å². The number of carbonyl (C=O) groups is 2. The van der Waals surface area contributed by atoms with Crippen LogP contribution >= 0.6 is 0 Å². The van der Waals surface area contributed by atoms with E-state index in [4.69, 9.17) is 0 Å². The standard InChI is InChI=1S/C24H34N4O2/c1-8-25-21(15-17(2)9-11-19-12-13-19)26-18(3)10-14-20-22(30)27-24(7,23(4,5)6)28(20)16-29/h8-11,14-16,19H,1,12-13H2,2-7H3,(H,25,26)(H,27,30)/b11-9+,17-15+,18-10+,20-14-. The number of nitrogens with zero attached hydrogens (tertiary/aromatic N) is 2. The van der Waals surface area contributed by atoms with Crippen LogP contribution < -0.4 is 10.6 Å². The lowest BCUT2D eigenvalue weighted by Crippen LogP contribution is -2.57. The molecule has 0 aromatic carbocycles. The Hall–Kier alpha value is -2.89. The van der Waals surface area contributed by atoms with E-state index in [2.05, 4.69) is 34.4 Å². The molecule has 0 aromatic heterocycles. The van der Waals surface area contributed by atoms with E-state index >= 15 is 0 Å². The van der Waals surface area contributed by atoms with Crippen molar-refractivity contribution in [3.05, 3.63) is 60.1 Å². The third-order valence-electron chi connectivity index (χ3n) is 5.56. The molecule has 0 radical (unpaired) electrons. The molecule has 30 heavy (non-hydrogen) atoms. The first-order valence-corrected chi connectivity index (χ1v) is 10.3. The molecule has 6 nitrogen and oxygen atoms in total. The highest BCUT2D eigenvalue weighted by molar-refractivity contribution is 5.99. The third kappa shape index (κ3) is 5.59. The summed E-state index contributed by atoms with van der Waals surface area (Å²) in [6, 6.07) is 0. The molecule has 2 fully saturated rings. The van der Waals surface area contributed by atoms with Crippen LogP contribution in [-0.4, -0.2) is 28.7 Å². The number of nitrogens with one attached hydrogen (secondary N) is 2. The first-order chi connectivity index (χ1) is 14.0. The van der Waals surface area contributed by atoms with Crippen LogP contribution in [0.1, 0.15) is 54.4 Å². The average molecular weight is 411 g/mol. The molecule has 0 aromatic rings. The number of aliphatic imine (C=N–C) groups is 1. The van der Waals surface area contributed by atoms with Gasteiger partial charge in [0.25, 0.3) is 5.91 Å². The van der Waals surface area contributed by atoms with Crippen LogP contribution in [0.5, 0.6) is 0 Å². The van der Waals surface area contributed by atoms with Crippen LogP contribution in [0.4, 0.5) is 0 Å². The van der Waals surface area contributed by atoms with Gasteiger partial charge in [0.15, 0.2) is 0 Å². The van der Waals surface area contributed by atoms with Crippen molar-refractivity contribution in [2.45, 2.75) is 60.0 Å². The Labute approximate surface area is 180 Å². The Bertz CT molecular complexity index is 851. The second kappa shape index (κ2) is 9.28. The molecule has 1 heterocycles. The Morgan fingerprint density at radius 3 is 2.53 bits per heavy atom. The third-order valence-corrected chi connectivity index (χ3v) is 5.56. The van der Waals surface area contributed by atoms with Crippen LogP contribution in [0, 0.1) is 11.3 Å². The summed E-state index contributed by atoms with van der Waals surface area (Å²) in [4.78, 5) is 30.1. The minimum atomic E-state index is -0.796. The summed E-state index contributed by atoms with van der Waals surface area (Å²) in [5.74, 6) is 1.09. The van der Waals surface area contributed by atoms with Crippen LogP contribution in [0.2, 0.25) is 0 Å². The van der Waals surface area contributed by atoms with Crippen molar-refractivity contribution in [1.82, 2.24) is 15.5 Å². The van der Waals surface area contributed by atoms with E-state index < -0.39 is 5.66 Å². The summed E-state index contributed by atoms with van der Waals surface area (Å²) in [5, 5.41) is 6.17. The summed E-state index contributed by atoms with van der Waals surface area (Å²) in [6.07, 6.45) is 14.4. The zero-order valence-electron chi connectivity index (χ0n) is 19.0. The van der Waals surface area contributed by atoms with E-state index in [1.807, 2.05) is 47.6 Å². The number of amidine groups is 1. The molecule has 2 aliphatic rings. The second-order valence-corrected chi connectivity index (χ2v) is 9.06. The molecule has 0 bridgehead atoms. The molecule has 1 atom stereocenters. The van der Waals surface area contributed by atoms with Crippen molar-refractivity contribution in [2.24, 2.45) is 16.3 Å². The largest absolute Gasteiger partial charge is 0.344 e. The fourth-order valence-electron chi connectivity index (χ4n) is 3.05. The van der Waals surface area contributed by atoms with Crippen molar-refractivity contribution >= 4 is 18.2 Å². The van der Waals surface area contributed by atoms with E-state index in [0.717, 1.165) is 11.3 Å². The van der Waals surface area contributed by atoms with E-state index in [1.54, 1.807) is 12.2 Å². The van der Waals surface area contributed by atoms with Crippen molar-refractivity contribution in [2.75, 3.05) is 0 Å². The maximum Gasteiger partial charge on any atom is 0.269 e. The maximum absolute atomic E-state index is 12.5. The van der Waals surface area contributed by atoms with Gasteiger partial charge in [-0.1, -0.05) is 39.5 Å². The number of hydrogen-bond acceptors (Lipinski definition) is 3. The van der Waals surface area contributed by atoms with Gasteiger partial charge in [0.2, 0.25) is 6.41 Å². The van der Waals surface area contributed by atoms with Gasteiger partial charge in [0.05, 0.1) is 0 Å². The van der Waals surface area contributed by atoms with Crippen molar-refractivity contribution in [3.8, 4) is 0 Å². The highest BCUT2D eigenvalue weighted by Gasteiger charge is 2.51. The summed E-state index contributed by atoms with van der Waals surface area (Å²) in [5.41, 5.74) is 1.04. The van der Waals surface area contributed by atoms with Gasteiger partial charge in [-0.15, -0.1) is 0 Å². The molecule has 2 amide bonds. The molecule has 162 valence electrons. The van der Waals surface area contributed by atoms with Gasteiger partial charge in [-0.2, -0.15) is 0 Å². The van der Waals surface area contributed by atoms with Crippen LogP contribution in [-0.2, 0) is 9.59 Å². The van der Waals surface area contributed by atoms with Crippen LogP contribution in [0.15, 0.2) is 65.1 Å². The minimum Gasteiger partial charge on any atom is -0.344 e. The minimum absolute atomic E-state index is 0.274. The maximum atomic E-state index is 12.5. The van der Waals surface area contributed by atoms with Crippen LogP contribution in [0.3, 0.4) is 0 Å². The van der Waals surface area contributed by atoms with E-state index in [-0.39, 0.29) is 11.3 Å². The smallest absolute Gasteiger partial charge is 0.269 e. The molecule has 1 unspecified atom stereocenters. The average Bonchev–Trinajstić information content (AvgIpc) is 3.42. The summed E-state index contributed by atoms with van der Waals surface area (Å²) in [7, 11) is 0. The Balaban J connectivity index is 2.20. The lowest BCUT2D eigenvalue weighted by atomic mass is 9.81. The molecular weight excluding hydrogens is 376 g/mol. The van der Waals surface area contributed by atoms with E-state index in [9.17, 15) is 9.59 Å². The molecule has 0 spiro atoms. The van der Waals surface area contributed by atoms with E-state index in [1.165, 1.54) is 23.9 Å². The van der Waals surface area contributed by atoms with E-state index in [0.29, 0.717) is 23.9 Å². The van der Waals surface area contributed by atoms with Gasteiger partial charge >= 0.3 is 0 Å². The normalized spacial score (nSPS) is 25.1. The molecule has 1 aliphatic carbocycles. The molecular formula is C24H34N4O2. The Morgan fingerprint density at radius 2 is 2.00 bits per heavy atom. The number of carbonyl (C=O) groups excluding carboxylic acids is 2. The molecule has 6 heteroatoms. The highest BCUT2D eigenvalue weighted by atomic mass is 16.2. The summed E-state index contributed by atoms with van der Waals surface area (Å²) in [6.45, 7) is 15.4. The Kier molecular flexibility index (Phi) is 7.24. The molecule has 1 saturated carbocycles. The number of hydrogen-bond donors (Lipinski definition) is 2. The van der Waals surface area contributed by atoms with Gasteiger partial charge in [-0.05, 0) is 63.3 Å². The monoisotopic (exact) mass is 410 g/mol. The van der Waals surface area contributed by atoms with Crippen molar-refractivity contribution in [1.29, 1.82) is 0 Å². The van der Waals surface area contributed by atoms with Crippen molar-refractivity contribution < 1.29 is 9.59 Å². The van der Waals surface area contributed by atoms with Gasteiger partial charge in [-0.3, -0.25) is 14.5 Å². The fraction of sp³-hybridized carbons (Fsp3) is 0.458. The van der Waals surface area contributed by atoms with Gasteiger partial charge in [-0.25, -0.2) is 4.99 Å². The second-order valence-electron chi connectivity index (χ2n) is 9.06. The first-order valence-electron chi connectivity index (χ1n) is 10.3. The van der Waals surface area contributed by atoms with Gasteiger partial charge < -0.3 is 10.6 Å². The first kappa shape index (κ1) is 23.4. The van der Waals surface area contributed by atoms with Crippen molar-refractivity contribution in [3.63, 3.8) is 0 Å². The zero-order chi connectivity index (χ0) is 22.5.